The molecule has 8 nitrogen and oxygen atoms in total. The molecular formula is C34H32F4N6O2. The molecule has 6 rings (SSSR count). The number of nitrogens with zero attached hydrogens (tertiary/aromatic N) is 6. The molecule has 3 aromatic heterocycles. The van der Waals surface area contributed by atoms with Crippen LogP contribution >= 0.6 is 0 Å². The van der Waals surface area contributed by atoms with Crippen molar-refractivity contribution >= 4 is 17.3 Å². The number of rotatable bonds is 6. The first-order valence-electron chi connectivity index (χ1n) is 14.7. The quantitative estimate of drug-likeness (QED) is 0.194. The van der Waals surface area contributed by atoms with E-state index in [1.54, 1.807) is 40.9 Å². The molecule has 0 aliphatic carbocycles. The van der Waals surface area contributed by atoms with Crippen LogP contribution in [0.25, 0.3) is 28.3 Å². The number of carbonyl (C=O) groups excluding carboxylic acids is 1. The van der Waals surface area contributed by atoms with Crippen molar-refractivity contribution in [2.24, 2.45) is 0 Å². The Kier molecular flexibility index (Phi) is 9.36. The molecular weight excluding hydrogens is 600 g/mol. The second-order valence-corrected chi connectivity index (χ2v) is 10.8. The highest BCUT2D eigenvalue weighted by molar-refractivity contribution is 5.97. The van der Waals surface area contributed by atoms with Gasteiger partial charge in [0.2, 0.25) is 5.91 Å². The lowest BCUT2D eigenvalue weighted by Crippen LogP contribution is -2.34. The topological polar surface area (TPSA) is 78.0 Å². The maximum Gasteiger partial charge on any atom is 0.251 e. The Morgan fingerprint density at radius 3 is 1.83 bits per heavy atom. The fraction of sp³-hybridized carbons (Fsp3) is 0.235. The summed E-state index contributed by atoms with van der Waals surface area (Å²) in [4.78, 5) is 25.9. The fourth-order valence-corrected chi connectivity index (χ4v) is 5.44. The van der Waals surface area contributed by atoms with E-state index in [9.17, 15) is 27.2 Å². The third-order valence-corrected chi connectivity index (χ3v) is 7.53. The van der Waals surface area contributed by atoms with Gasteiger partial charge >= 0.3 is 0 Å². The summed E-state index contributed by atoms with van der Waals surface area (Å²) in [6.07, 6.45) is 7.80. The first kappa shape index (κ1) is 32.1. The van der Waals surface area contributed by atoms with E-state index in [1.807, 2.05) is 27.0 Å². The molecule has 46 heavy (non-hydrogen) atoms. The zero-order valence-corrected chi connectivity index (χ0v) is 25.8. The third-order valence-electron chi connectivity index (χ3n) is 7.53. The molecule has 0 saturated carbocycles. The Hall–Kier alpha value is -5.26. The molecule has 0 saturated heterocycles. The van der Waals surface area contributed by atoms with E-state index in [4.69, 9.17) is 0 Å². The summed E-state index contributed by atoms with van der Waals surface area (Å²) in [7, 11) is 0. The van der Waals surface area contributed by atoms with E-state index in [-0.39, 0.29) is 22.6 Å². The van der Waals surface area contributed by atoms with Gasteiger partial charge in [0.05, 0.1) is 35.2 Å². The minimum atomic E-state index is -0.720. The number of aromatic nitrogens is 5. The van der Waals surface area contributed by atoms with Crippen molar-refractivity contribution in [3.05, 3.63) is 124 Å². The summed E-state index contributed by atoms with van der Waals surface area (Å²) in [5.41, 5.74) is 4.17. The zero-order chi connectivity index (χ0) is 33.1. The number of halogens is 4. The average molecular weight is 633 g/mol. The summed E-state index contributed by atoms with van der Waals surface area (Å²) >= 11 is 0. The molecule has 0 fully saturated rings. The van der Waals surface area contributed by atoms with Crippen molar-refractivity contribution in [2.75, 3.05) is 6.54 Å². The molecule has 0 atom stereocenters. The van der Waals surface area contributed by atoms with Crippen molar-refractivity contribution in [3.8, 4) is 16.9 Å². The monoisotopic (exact) mass is 632 g/mol. The van der Waals surface area contributed by atoms with Gasteiger partial charge in [-0.2, -0.15) is 10.2 Å². The number of allylic oxidation sites excluding steroid dienone is 1. The molecule has 0 unspecified atom stereocenters. The standard InChI is InChI=1S/C17H17F2N3O.C17H15F2N3O/c2*1-3-21-16(23)7-6-15(22-10-11(2)9-20-22)17(21)13-5-4-12(18)8-14(13)19/h4-5,8-10H,3,6-7H2,1-2H3;4-10H,3H2,1-2H3. The Balaban J connectivity index is 0.000000181. The highest BCUT2D eigenvalue weighted by Gasteiger charge is 2.30. The van der Waals surface area contributed by atoms with Gasteiger partial charge in [-0.25, -0.2) is 26.9 Å². The van der Waals surface area contributed by atoms with Crippen LogP contribution in [-0.2, 0) is 11.3 Å². The Morgan fingerprint density at radius 1 is 0.717 bits per heavy atom. The number of hydrogen-bond acceptors (Lipinski definition) is 4. The van der Waals surface area contributed by atoms with E-state index >= 15 is 0 Å². The molecule has 238 valence electrons. The van der Waals surface area contributed by atoms with Gasteiger partial charge in [0.25, 0.3) is 5.56 Å². The first-order valence-corrected chi connectivity index (χ1v) is 14.7. The minimum Gasteiger partial charge on any atom is -0.310 e. The van der Waals surface area contributed by atoms with Gasteiger partial charge in [0, 0.05) is 67.7 Å². The van der Waals surface area contributed by atoms with Crippen molar-refractivity contribution in [2.45, 2.75) is 47.1 Å². The van der Waals surface area contributed by atoms with Gasteiger partial charge in [-0.1, -0.05) is 0 Å². The number of carbonyl (C=O) groups is 1. The van der Waals surface area contributed by atoms with Gasteiger partial charge in [-0.05, 0) is 69.2 Å². The lowest BCUT2D eigenvalue weighted by atomic mass is 10.0. The Morgan fingerprint density at radius 2 is 1.30 bits per heavy atom. The lowest BCUT2D eigenvalue weighted by molar-refractivity contribution is -0.128. The van der Waals surface area contributed by atoms with Crippen molar-refractivity contribution in [1.29, 1.82) is 0 Å². The molecule has 0 spiro atoms. The maximum atomic E-state index is 14.3. The first-order chi connectivity index (χ1) is 22.0. The molecule has 1 amide bonds. The molecule has 1 aliphatic rings. The largest absolute Gasteiger partial charge is 0.310 e. The maximum absolute atomic E-state index is 14.3. The van der Waals surface area contributed by atoms with Crippen LogP contribution in [0.2, 0.25) is 0 Å². The van der Waals surface area contributed by atoms with Gasteiger partial charge in [0.15, 0.2) is 0 Å². The highest BCUT2D eigenvalue weighted by Crippen LogP contribution is 2.35. The third kappa shape index (κ3) is 6.42. The second kappa shape index (κ2) is 13.4. The molecule has 4 heterocycles. The van der Waals surface area contributed by atoms with E-state index < -0.39 is 23.3 Å². The Labute approximate surface area is 262 Å². The predicted molar refractivity (Wildman–Crippen MR) is 167 cm³/mol. The van der Waals surface area contributed by atoms with Crippen LogP contribution in [0.5, 0.6) is 0 Å². The molecule has 2 aromatic carbocycles. The predicted octanol–water partition coefficient (Wildman–Crippen LogP) is 6.75. The molecule has 0 N–H and O–H groups in total. The number of aryl methyl sites for hydroxylation is 2. The fourth-order valence-electron chi connectivity index (χ4n) is 5.44. The van der Waals surface area contributed by atoms with Gasteiger partial charge in [-0.3, -0.25) is 9.59 Å². The number of pyridine rings is 1. The smallest absolute Gasteiger partial charge is 0.251 e. The van der Waals surface area contributed by atoms with Crippen LogP contribution in [0.3, 0.4) is 0 Å². The molecule has 1 aliphatic heterocycles. The van der Waals surface area contributed by atoms with Crippen LogP contribution in [-0.4, -0.2) is 41.5 Å². The Bertz CT molecular complexity index is 2010. The molecule has 0 bridgehead atoms. The number of amides is 1. The molecule has 5 aromatic rings. The second-order valence-electron chi connectivity index (χ2n) is 10.8. The van der Waals surface area contributed by atoms with Gasteiger partial charge < -0.3 is 9.47 Å². The van der Waals surface area contributed by atoms with Crippen molar-refractivity contribution in [3.63, 3.8) is 0 Å². The summed E-state index contributed by atoms with van der Waals surface area (Å²) in [5, 5.41) is 8.51. The summed E-state index contributed by atoms with van der Waals surface area (Å²) in [6.45, 7) is 8.19. The summed E-state index contributed by atoms with van der Waals surface area (Å²) < 4.78 is 59.8. The van der Waals surface area contributed by atoms with Crippen LogP contribution in [0.4, 0.5) is 17.6 Å². The molecule has 0 radical (unpaired) electrons. The highest BCUT2D eigenvalue weighted by atomic mass is 19.1. The minimum absolute atomic E-state index is 0.0705. The number of hydrogen-bond donors (Lipinski definition) is 0. The molecule has 12 heteroatoms. The van der Waals surface area contributed by atoms with Crippen molar-refractivity contribution in [1.82, 2.24) is 29.0 Å². The number of benzene rings is 2. The van der Waals surface area contributed by atoms with Crippen LogP contribution in [0.15, 0.2) is 78.1 Å². The normalized spacial score (nSPS) is 13.2. The van der Waals surface area contributed by atoms with E-state index in [2.05, 4.69) is 10.2 Å². The zero-order valence-electron chi connectivity index (χ0n) is 25.8. The van der Waals surface area contributed by atoms with E-state index in [0.717, 1.165) is 29.0 Å². The van der Waals surface area contributed by atoms with Crippen LogP contribution in [0.1, 0.15) is 43.4 Å². The van der Waals surface area contributed by atoms with Crippen LogP contribution in [0, 0.1) is 37.1 Å². The van der Waals surface area contributed by atoms with E-state index in [0.29, 0.717) is 43.0 Å². The van der Waals surface area contributed by atoms with Crippen LogP contribution < -0.4 is 5.56 Å². The van der Waals surface area contributed by atoms with Crippen molar-refractivity contribution < 1.29 is 22.4 Å². The summed E-state index contributed by atoms with van der Waals surface area (Å²) in [6, 6.07) is 9.74. The average Bonchev–Trinajstić information content (AvgIpc) is 3.65. The van der Waals surface area contributed by atoms with Gasteiger partial charge in [-0.15, -0.1) is 0 Å². The lowest BCUT2D eigenvalue weighted by Gasteiger charge is -2.31. The van der Waals surface area contributed by atoms with Gasteiger partial charge in [0.1, 0.15) is 23.3 Å². The SMILES string of the molecule is CCN1C(=O)CCC(n2cc(C)cn2)=C1c1ccc(F)cc1F.CCn1c(-c2ccc(F)cc2F)c(-n2cc(C)cn2)ccc1=O. The summed E-state index contributed by atoms with van der Waals surface area (Å²) in [5.74, 6) is -2.78. The van der Waals surface area contributed by atoms with E-state index in [1.165, 1.54) is 39.8 Å².